The first-order valence-corrected chi connectivity index (χ1v) is 11.3. The van der Waals surface area contributed by atoms with E-state index in [1.807, 2.05) is 13.0 Å². The molecule has 4 nitrogen and oxygen atoms in total. The van der Waals surface area contributed by atoms with Crippen molar-refractivity contribution in [2.45, 2.75) is 91.3 Å². The fourth-order valence-electron chi connectivity index (χ4n) is 4.71. The molecule has 31 heavy (non-hydrogen) atoms. The Kier molecular flexibility index (Phi) is 4.73. The molecular formula is C27H36N2O2. The van der Waals surface area contributed by atoms with Gasteiger partial charge in [0.25, 0.3) is 0 Å². The Bertz CT molecular complexity index is 1060. The van der Waals surface area contributed by atoms with E-state index in [1.165, 1.54) is 16.7 Å². The highest BCUT2D eigenvalue weighted by atomic mass is 16.5. The maximum absolute atomic E-state index is 13.3. The van der Waals surface area contributed by atoms with Gasteiger partial charge in [0.2, 0.25) is 0 Å². The third kappa shape index (κ3) is 3.60. The lowest BCUT2D eigenvalue weighted by molar-refractivity contribution is 0.0358. The van der Waals surface area contributed by atoms with Gasteiger partial charge in [0, 0.05) is 23.2 Å². The minimum Gasteiger partial charge on any atom is -0.467 e. The first-order chi connectivity index (χ1) is 14.2. The van der Waals surface area contributed by atoms with Crippen LogP contribution in [0.25, 0.3) is 0 Å². The second-order valence-electron chi connectivity index (χ2n) is 11.5. The van der Waals surface area contributed by atoms with Crippen molar-refractivity contribution in [3.8, 4) is 5.75 Å². The molecule has 0 spiro atoms. The van der Waals surface area contributed by atoms with Crippen LogP contribution in [0.2, 0.25) is 0 Å². The number of aryl methyl sites for hydroxylation is 2. The van der Waals surface area contributed by atoms with E-state index in [0.29, 0.717) is 6.42 Å². The first-order valence-electron chi connectivity index (χ1n) is 11.3. The Morgan fingerprint density at radius 2 is 1.68 bits per heavy atom. The lowest BCUT2D eigenvalue weighted by atomic mass is 9.76. The number of amides is 2. The van der Waals surface area contributed by atoms with Crippen molar-refractivity contribution in [1.29, 1.82) is 0 Å². The highest BCUT2D eigenvalue weighted by Gasteiger charge is 2.51. The van der Waals surface area contributed by atoms with Gasteiger partial charge < -0.3 is 10.1 Å². The summed E-state index contributed by atoms with van der Waals surface area (Å²) in [4.78, 5) is 15.1. The SMILES string of the molecule is Cc1ccc(N2C(=O)NC3CC2(C)Oc2c3cc(C(C)(C)C)cc2C(C)(C)C)cc1C. The molecular weight excluding hydrogens is 384 g/mol. The normalized spacial score (nSPS) is 23.2. The average Bonchev–Trinajstić information content (AvgIpc) is 2.61. The number of nitrogens with one attached hydrogen (secondary N) is 1. The topological polar surface area (TPSA) is 41.6 Å². The zero-order chi connectivity index (χ0) is 22.9. The second-order valence-corrected chi connectivity index (χ2v) is 11.5. The number of hydrogen-bond donors (Lipinski definition) is 1. The van der Waals surface area contributed by atoms with Gasteiger partial charge in [0.1, 0.15) is 5.75 Å². The average molecular weight is 421 g/mol. The summed E-state index contributed by atoms with van der Waals surface area (Å²) in [7, 11) is 0. The maximum Gasteiger partial charge on any atom is 0.325 e. The fraction of sp³-hybridized carbons (Fsp3) is 0.519. The van der Waals surface area contributed by atoms with Crippen LogP contribution < -0.4 is 15.0 Å². The summed E-state index contributed by atoms with van der Waals surface area (Å²) in [6, 6.07) is 10.5. The van der Waals surface area contributed by atoms with E-state index in [-0.39, 0.29) is 22.9 Å². The number of rotatable bonds is 1. The summed E-state index contributed by atoms with van der Waals surface area (Å²) in [5.74, 6) is 0.924. The van der Waals surface area contributed by atoms with Crippen molar-refractivity contribution < 1.29 is 9.53 Å². The summed E-state index contributed by atoms with van der Waals surface area (Å²) in [6.45, 7) is 19.6. The standard InChI is InChI=1S/C27H36N2O2/c1-16-10-11-19(12-17(16)2)29-24(30)28-22-15-27(29,9)31-23-20(22)13-18(25(3,4)5)14-21(23)26(6,7)8/h10-14,22H,15H2,1-9H3,(H,28,30). The number of fused-ring (bicyclic) bond motifs is 4. The first kappa shape index (κ1) is 21.7. The van der Waals surface area contributed by atoms with Gasteiger partial charge in [-0.05, 0) is 66.5 Å². The minimum absolute atomic E-state index is 0.0138. The van der Waals surface area contributed by atoms with E-state index in [4.69, 9.17) is 4.74 Å². The van der Waals surface area contributed by atoms with Crippen molar-refractivity contribution in [2.24, 2.45) is 0 Å². The molecule has 0 aromatic heterocycles. The highest BCUT2D eigenvalue weighted by molar-refractivity contribution is 5.95. The van der Waals surface area contributed by atoms with Crippen LogP contribution in [0.15, 0.2) is 30.3 Å². The molecule has 4 rings (SSSR count). The summed E-state index contributed by atoms with van der Waals surface area (Å²) in [6.07, 6.45) is 0.704. The molecule has 0 aliphatic carbocycles. The Morgan fingerprint density at radius 1 is 1.00 bits per heavy atom. The number of urea groups is 1. The molecule has 4 heteroatoms. The van der Waals surface area contributed by atoms with Gasteiger partial charge in [-0.15, -0.1) is 0 Å². The molecule has 2 amide bonds. The molecule has 2 aromatic rings. The third-order valence-electron chi connectivity index (χ3n) is 6.79. The number of carbonyl (C=O) groups excluding carboxylic acids is 1. The molecule has 2 heterocycles. The minimum atomic E-state index is -0.745. The van der Waals surface area contributed by atoms with E-state index < -0.39 is 5.72 Å². The van der Waals surface area contributed by atoms with Crippen LogP contribution in [-0.2, 0) is 10.8 Å². The summed E-state index contributed by atoms with van der Waals surface area (Å²) in [5.41, 5.74) is 6.00. The van der Waals surface area contributed by atoms with E-state index >= 15 is 0 Å². The Balaban J connectivity index is 1.89. The monoisotopic (exact) mass is 420 g/mol. The number of benzene rings is 2. The quantitative estimate of drug-likeness (QED) is 0.560. The molecule has 2 bridgehead atoms. The van der Waals surface area contributed by atoms with Gasteiger partial charge in [-0.1, -0.05) is 53.7 Å². The summed E-state index contributed by atoms with van der Waals surface area (Å²) < 4.78 is 6.79. The maximum atomic E-state index is 13.3. The Hall–Kier alpha value is -2.49. The highest BCUT2D eigenvalue weighted by Crippen LogP contribution is 2.50. The third-order valence-corrected chi connectivity index (χ3v) is 6.79. The molecule has 2 atom stereocenters. The summed E-state index contributed by atoms with van der Waals surface area (Å²) in [5, 5.41) is 3.28. The molecule has 1 saturated heterocycles. The van der Waals surface area contributed by atoms with Gasteiger partial charge in [-0.25, -0.2) is 4.79 Å². The summed E-state index contributed by atoms with van der Waals surface area (Å²) >= 11 is 0. The molecule has 2 aliphatic heterocycles. The van der Waals surface area contributed by atoms with E-state index in [9.17, 15) is 4.79 Å². The van der Waals surface area contributed by atoms with Crippen LogP contribution >= 0.6 is 0 Å². The zero-order valence-corrected chi connectivity index (χ0v) is 20.4. The molecule has 2 unspecified atom stereocenters. The molecule has 0 saturated carbocycles. The number of nitrogens with zero attached hydrogens (tertiary/aromatic N) is 1. The van der Waals surface area contributed by atoms with Crippen molar-refractivity contribution in [2.75, 3.05) is 4.90 Å². The zero-order valence-electron chi connectivity index (χ0n) is 20.4. The van der Waals surface area contributed by atoms with Crippen molar-refractivity contribution in [3.05, 3.63) is 58.1 Å². The van der Waals surface area contributed by atoms with Gasteiger partial charge in [0.15, 0.2) is 5.72 Å². The molecule has 2 aliphatic rings. The van der Waals surface area contributed by atoms with Crippen LogP contribution in [0, 0.1) is 13.8 Å². The smallest absolute Gasteiger partial charge is 0.325 e. The molecule has 1 N–H and O–H groups in total. The number of hydrogen-bond acceptors (Lipinski definition) is 2. The predicted molar refractivity (Wildman–Crippen MR) is 127 cm³/mol. The van der Waals surface area contributed by atoms with Crippen LogP contribution in [0.4, 0.5) is 10.5 Å². The number of anilines is 1. The lowest BCUT2D eigenvalue weighted by Gasteiger charge is -2.51. The van der Waals surface area contributed by atoms with Crippen LogP contribution in [0.3, 0.4) is 0 Å². The van der Waals surface area contributed by atoms with Gasteiger partial charge >= 0.3 is 6.03 Å². The van der Waals surface area contributed by atoms with E-state index in [2.05, 4.69) is 85.0 Å². The Labute approximate surface area is 187 Å². The second kappa shape index (κ2) is 6.75. The molecule has 0 radical (unpaired) electrons. The molecule has 1 fully saturated rings. The number of carbonyl (C=O) groups is 1. The lowest BCUT2D eigenvalue weighted by Crippen LogP contribution is -2.65. The van der Waals surface area contributed by atoms with Gasteiger partial charge in [-0.3, -0.25) is 4.90 Å². The Morgan fingerprint density at radius 3 is 2.26 bits per heavy atom. The van der Waals surface area contributed by atoms with E-state index in [1.54, 1.807) is 4.90 Å². The molecule has 2 aromatic carbocycles. The fourth-order valence-corrected chi connectivity index (χ4v) is 4.71. The van der Waals surface area contributed by atoms with Gasteiger partial charge in [0.05, 0.1) is 6.04 Å². The van der Waals surface area contributed by atoms with Crippen LogP contribution in [0.5, 0.6) is 5.75 Å². The molecule has 166 valence electrons. The van der Waals surface area contributed by atoms with Crippen LogP contribution in [0.1, 0.15) is 88.7 Å². The van der Waals surface area contributed by atoms with E-state index in [0.717, 1.165) is 22.6 Å². The largest absolute Gasteiger partial charge is 0.467 e. The van der Waals surface area contributed by atoms with Crippen molar-refractivity contribution in [1.82, 2.24) is 5.32 Å². The van der Waals surface area contributed by atoms with Crippen LogP contribution in [-0.4, -0.2) is 11.8 Å². The van der Waals surface area contributed by atoms with Gasteiger partial charge in [-0.2, -0.15) is 0 Å². The number of ether oxygens (including phenoxy) is 1. The van der Waals surface area contributed by atoms with Crippen molar-refractivity contribution in [3.63, 3.8) is 0 Å². The predicted octanol–water partition coefficient (Wildman–Crippen LogP) is 6.67. The van der Waals surface area contributed by atoms with Crippen molar-refractivity contribution >= 4 is 11.7 Å².